The fraction of sp³-hybridized carbons (Fsp3) is 0.273. The zero-order valence-electron chi connectivity index (χ0n) is 9.45. The molecule has 4 rings (SSSR count). The molecule has 7 heteroatoms. The first kappa shape index (κ1) is 9.95. The Morgan fingerprint density at radius 2 is 2.22 bits per heavy atom. The van der Waals surface area contributed by atoms with Crippen LogP contribution >= 0.6 is 11.3 Å². The van der Waals surface area contributed by atoms with E-state index >= 15 is 0 Å². The lowest BCUT2D eigenvalue weighted by molar-refractivity contribution is 0.827. The van der Waals surface area contributed by atoms with Gasteiger partial charge in [-0.15, -0.1) is 10.2 Å². The summed E-state index contributed by atoms with van der Waals surface area (Å²) in [5.74, 6) is 1.48. The molecule has 3 aromatic heterocycles. The van der Waals surface area contributed by atoms with Gasteiger partial charge in [-0.2, -0.15) is 9.61 Å². The predicted octanol–water partition coefficient (Wildman–Crippen LogP) is 1.71. The van der Waals surface area contributed by atoms with E-state index in [2.05, 4.69) is 20.3 Å². The second-order valence-electron chi connectivity index (χ2n) is 4.38. The molecule has 0 bridgehead atoms. The molecule has 1 fully saturated rings. The van der Waals surface area contributed by atoms with Crippen LogP contribution in [0.2, 0.25) is 0 Å². The van der Waals surface area contributed by atoms with Gasteiger partial charge in [-0.25, -0.2) is 0 Å². The maximum atomic E-state index is 5.91. The minimum Gasteiger partial charge on any atom is -0.397 e. The summed E-state index contributed by atoms with van der Waals surface area (Å²) < 4.78 is 1.83. The van der Waals surface area contributed by atoms with Crippen molar-refractivity contribution < 1.29 is 0 Å². The van der Waals surface area contributed by atoms with Crippen LogP contribution in [0.3, 0.4) is 0 Å². The Morgan fingerprint density at radius 1 is 1.33 bits per heavy atom. The van der Waals surface area contributed by atoms with Crippen LogP contribution in [0.4, 0.5) is 5.69 Å². The smallest absolute Gasteiger partial charge is 0.235 e. The lowest BCUT2D eigenvalue weighted by atomic mass is 10.3. The number of nitrogens with two attached hydrogens (primary N) is 1. The minimum absolute atomic E-state index is 0.524. The highest BCUT2D eigenvalue weighted by Gasteiger charge is 2.30. The average Bonchev–Trinajstić information content (AvgIpc) is 3.00. The molecule has 0 spiro atoms. The largest absolute Gasteiger partial charge is 0.397 e. The molecule has 90 valence electrons. The summed E-state index contributed by atoms with van der Waals surface area (Å²) in [7, 11) is 0. The molecular weight excluding hydrogens is 248 g/mol. The van der Waals surface area contributed by atoms with Gasteiger partial charge in [0.15, 0.2) is 10.8 Å². The van der Waals surface area contributed by atoms with E-state index < -0.39 is 0 Å². The SMILES string of the molecule is Nc1cccnc1-c1nn2c(C3CC3)nnc2s1. The maximum Gasteiger partial charge on any atom is 0.235 e. The van der Waals surface area contributed by atoms with Gasteiger partial charge in [0.05, 0.1) is 5.69 Å². The summed E-state index contributed by atoms with van der Waals surface area (Å²) in [6.45, 7) is 0. The Labute approximate surface area is 106 Å². The van der Waals surface area contributed by atoms with Crippen LogP contribution in [0, 0.1) is 0 Å². The molecule has 0 unspecified atom stereocenters. The quantitative estimate of drug-likeness (QED) is 0.756. The molecule has 1 aliphatic rings. The number of anilines is 1. The Hall–Kier alpha value is -2.02. The van der Waals surface area contributed by atoms with Crippen LogP contribution in [-0.4, -0.2) is 24.8 Å². The van der Waals surface area contributed by atoms with E-state index in [0.717, 1.165) is 21.5 Å². The fourth-order valence-electron chi connectivity index (χ4n) is 1.92. The van der Waals surface area contributed by atoms with Gasteiger partial charge in [0, 0.05) is 12.1 Å². The molecule has 0 aliphatic heterocycles. The molecule has 0 aromatic carbocycles. The summed E-state index contributed by atoms with van der Waals surface area (Å²) in [6, 6.07) is 3.64. The molecule has 1 saturated carbocycles. The summed E-state index contributed by atoms with van der Waals surface area (Å²) in [4.78, 5) is 5.08. The Kier molecular flexibility index (Phi) is 1.93. The normalized spacial score (nSPS) is 15.3. The number of hydrogen-bond donors (Lipinski definition) is 1. The van der Waals surface area contributed by atoms with E-state index in [1.807, 2.05) is 16.6 Å². The van der Waals surface area contributed by atoms with Crippen molar-refractivity contribution in [1.29, 1.82) is 0 Å². The van der Waals surface area contributed by atoms with Crippen molar-refractivity contribution in [2.45, 2.75) is 18.8 Å². The van der Waals surface area contributed by atoms with Crippen molar-refractivity contribution in [2.75, 3.05) is 5.73 Å². The molecule has 0 radical (unpaired) electrons. The summed E-state index contributed by atoms with van der Waals surface area (Å²) in [6.07, 6.45) is 4.08. The first-order chi connectivity index (χ1) is 8.83. The van der Waals surface area contributed by atoms with E-state index in [0.29, 0.717) is 11.6 Å². The average molecular weight is 258 g/mol. The number of hydrogen-bond acceptors (Lipinski definition) is 6. The van der Waals surface area contributed by atoms with Crippen molar-refractivity contribution in [3.63, 3.8) is 0 Å². The summed E-state index contributed by atoms with van der Waals surface area (Å²) >= 11 is 1.47. The van der Waals surface area contributed by atoms with Gasteiger partial charge in [-0.05, 0) is 25.0 Å². The first-order valence-corrected chi connectivity index (χ1v) is 6.57. The number of fused-ring (bicyclic) bond motifs is 1. The van der Waals surface area contributed by atoms with Gasteiger partial charge in [-0.1, -0.05) is 11.3 Å². The van der Waals surface area contributed by atoms with E-state index in [1.165, 1.54) is 24.2 Å². The van der Waals surface area contributed by atoms with Gasteiger partial charge in [0.2, 0.25) is 4.96 Å². The van der Waals surface area contributed by atoms with Gasteiger partial charge in [0.25, 0.3) is 0 Å². The van der Waals surface area contributed by atoms with Gasteiger partial charge in [0.1, 0.15) is 5.69 Å². The fourth-order valence-corrected chi connectivity index (χ4v) is 2.79. The molecule has 0 atom stereocenters. The second kappa shape index (κ2) is 3.49. The third-order valence-corrected chi connectivity index (χ3v) is 3.90. The summed E-state index contributed by atoms with van der Waals surface area (Å²) in [5.41, 5.74) is 7.26. The van der Waals surface area contributed by atoms with Crippen molar-refractivity contribution in [3.8, 4) is 10.7 Å². The van der Waals surface area contributed by atoms with Crippen LogP contribution in [0.15, 0.2) is 18.3 Å². The highest BCUT2D eigenvalue weighted by atomic mass is 32.1. The van der Waals surface area contributed by atoms with Crippen LogP contribution in [0.1, 0.15) is 24.6 Å². The van der Waals surface area contributed by atoms with Crippen LogP contribution in [-0.2, 0) is 0 Å². The molecule has 3 heterocycles. The van der Waals surface area contributed by atoms with E-state index in [4.69, 9.17) is 5.73 Å². The topological polar surface area (TPSA) is 82.0 Å². The molecule has 2 N–H and O–H groups in total. The van der Waals surface area contributed by atoms with Crippen molar-refractivity contribution in [1.82, 2.24) is 24.8 Å². The van der Waals surface area contributed by atoms with Crippen LogP contribution in [0.25, 0.3) is 15.7 Å². The Balaban J connectivity index is 1.89. The lowest BCUT2D eigenvalue weighted by Gasteiger charge is -1.98. The second-order valence-corrected chi connectivity index (χ2v) is 5.33. The number of nitrogen functional groups attached to an aromatic ring is 1. The van der Waals surface area contributed by atoms with Crippen LogP contribution < -0.4 is 5.73 Å². The van der Waals surface area contributed by atoms with Crippen molar-refractivity contribution in [2.24, 2.45) is 0 Å². The monoisotopic (exact) mass is 258 g/mol. The Morgan fingerprint density at radius 3 is 3.00 bits per heavy atom. The first-order valence-electron chi connectivity index (χ1n) is 5.76. The van der Waals surface area contributed by atoms with Gasteiger partial charge < -0.3 is 5.73 Å². The van der Waals surface area contributed by atoms with Crippen molar-refractivity contribution in [3.05, 3.63) is 24.2 Å². The molecule has 0 saturated heterocycles. The minimum atomic E-state index is 0.524. The van der Waals surface area contributed by atoms with E-state index in [-0.39, 0.29) is 0 Å². The molecule has 6 nitrogen and oxygen atoms in total. The Bertz CT molecular complexity index is 726. The number of aromatic nitrogens is 5. The number of rotatable bonds is 2. The number of pyridine rings is 1. The highest BCUT2D eigenvalue weighted by molar-refractivity contribution is 7.19. The zero-order valence-corrected chi connectivity index (χ0v) is 10.3. The predicted molar refractivity (Wildman–Crippen MR) is 68.3 cm³/mol. The third-order valence-electron chi connectivity index (χ3n) is 3.00. The third kappa shape index (κ3) is 1.40. The maximum absolute atomic E-state index is 5.91. The zero-order chi connectivity index (χ0) is 12.1. The highest BCUT2D eigenvalue weighted by Crippen LogP contribution is 2.39. The van der Waals surface area contributed by atoms with Gasteiger partial charge >= 0.3 is 0 Å². The van der Waals surface area contributed by atoms with Gasteiger partial charge in [-0.3, -0.25) is 4.98 Å². The summed E-state index contributed by atoms with van der Waals surface area (Å²) in [5, 5.41) is 13.7. The standard InChI is InChI=1S/C11H10N6S/c12-7-2-1-5-13-8(7)10-16-17-9(6-3-4-6)14-15-11(17)18-10/h1-2,5-6H,3-4,12H2. The molecule has 3 aromatic rings. The molecule has 0 amide bonds. The van der Waals surface area contributed by atoms with E-state index in [1.54, 1.807) is 6.20 Å². The molecule has 1 aliphatic carbocycles. The van der Waals surface area contributed by atoms with Crippen molar-refractivity contribution >= 4 is 22.0 Å². The molecule has 18 heavy (non-hydrogen) atoms. The van der Waals surface area contributed by atoms with E-state index in [9.17, 15) is 0 Å². The lowest BCUT2D eigenvalue weighted by Crippen LogP contribution is -1.96. The van der Waals surface area contributed by atoms with Crippen LogP contribution in [0.5, 0.6) is 0 Å². The number of nitrogens with zero attached hydrogens (tertiary/aromatic N) is 5. The molecular formula is C11H10N6S.